The lowest BCUT2D eigenvalue weighted by atomic mass is 9.97. The molecule has 2 unspecified atom stereocenters. The molecule has 0 saturated heterocycles. The predicted octanol–water partition coefficient (Wildman–Crippen LogP) is 3.29. The van der Waals surface area contributed by atoms with Crippen LogP contribution in [-0.2, 0) is 9.59 Å². The largest absolute Gasteiger partial charge is 0.346 e. The van der Waals surface area contributed by atoms with Crippen LogP contribution in [0.25, 0.3) is 10.8 Å². The summed E-state index contributed by atoms with van der Waals surface area (Å²) in [6.45, 7) is 3.63. The number of nitrogens with one attached hydrogen (secondary N) is 1. The van der Waals surface area contributed by atoms with Gasteiger partial charge in [-0.2, -0.15) is 0 Å². The zero-order valence-electron chi connectivity index (χ0n) is 11.4. The zero-order chi connectivity index (χ0) is 14.7. The first-order valence-corrected chi connectivity index (χ1v) is 7.34. The van der Waals surface area contributed by atoms with Gasteiger partial charge in [0.2, 0.25) is 5.91 Å². The first-order valence-electron chi connectivity index (χ1n) is 6.42. The number of carbonyl (C=O) groups is 2. The number of aryl methyl sites for hydroxylation is 1. The van der Waals surface area contributed by atoms with Gasteiger partial charge in [0.25, 0.3) is 0 Å². The van der Waals surface area contributed by atoms with Crippen molar-refractivity contribution in [1.82, 2.24) is 5.32 Å². The molecule has 2 atom stereocenters. The van der Waals surface area contributed by atoms with E-state index in [0.29, 0.717) is 6.29 Å². The number of rotatable bonds is 4. The molecule has 0 aromatic heterocycles. The fraction of sp³-hybridized carbons (Fsp3) is 0.250. The molecule has 0 fully saturated rings. The molecule has 2 rings (SSSR count). The maximum Gasteiger partial charge on any atom is 0.238 e. The highest BCUT2D eigenvalue weighted by Crippen LogP contribution is 2.33. The number of alkyl halides is 1. The molecule has 0 saturated carbocycles. The molecular weight excluding hydrogens is 318 g/mol. The first kappa shape index (κ1) is 14.7. The molecule has 104 valence electrons. The van der Waals surface area contributed by atoms with Crippen LogP contribution in [-0.4, -0.2) is 18.2 Å². The molecule has 1 amide bonds. The number of fused-ring (bicyclic) bond motifs is 1. The molecule has 1 N–H and O–H groups in total. The second-order valence-corrected chi connectivity index (χ2v) is 5.73. The third-order valence-electron chi connectivity index (χ3n) is 3.25. The summed E-state index contributed by atoms with van der Waals surface area (Å²) < 4.78 is 0. The minimum absolute atomic E-state index is 0.205. The molecular formula is C16H16BrNO2. The molecule has 0 spiro atoms. The van der Waals surface area contributed by atoms with Crippen molar-refractivity contribution < 1.29 is 9.59 Å². The standard InChI is InChI=1S/C16H16BrNO2/c1-10-7-8-12-5-3-4-6-13(12)14(10)15(17)16(20)18-11(2)9-19/h3-9,11,15H,1-2H3,(H,18,20). The Morgan fingerprint density at radius 1 is 1.25 bits per heavy atom. The molecule has 3 nitrogen and oxygen atoms in total. The summed E-state index contributed by atoms with van der Waals surface area (Å²) in [5, 5.41) is 4.80. The van der Waals surface area contributed by atoms with Gasteiger partial charge in [-0.3, -0.25) is 4.79 Å². The SMILES string of the molecule is Cc1ccc2ccccc2c1C(Br)C(=O)NC(C)C=O. The second-order valence-electron chi connectivity index (χ2n) is 4.81. The third-order valence-corrected chi connectivity index (χ3v) is 4.12. The van der Waals surface area contributed by atoms with Gasteiger partial charge in [0.1, 0.15) is 11.1 Å². The maximum absolute atomic E-state index is 12.2. The third kappa shape index (κ3) is 2.90. The average molecular weight is 334 g/mol. The summed E-state index contributed by atoms with van der Waals surface area (Å²) in [5.41, 5.74) is 1.98. The number of hydrogen-bond acceptors (Lipinski definition) is 2. The maximum atomic E-state index is 12.2. The van der Waals surface area contributed by atoms with Crippen molar-refractivity contribution in [2.45, 2.75) is 24.7 Å². The molecule has 0 radical (unpaired) electrons. The molecule has 0 bridgehead atoms. The molecule has 2 aromatic carbocycles. The van der Waals surface area contributed by atoms with Crippen molar-refractivity contribution >= 4 is 38.9 Å². The molecule has 0 aliphatic heterocycles. The Hall–Kier alpha value is -1.68. The normalized spacial score (nSPS) is 13.8. The van der Waals surface area contributed by atoms with Gasteiger partial charge in [0, 0.05) is 0 Å². The summed E-state index contributed by atoms with van der Waals surface area (Å²) in [6.07, 6.45) is 0.716. The summed E-state index contributed by atoms with van der Waals surface area (Å²) in [5.74, 6) is -0.205. The van der Waals surface area contributed by atoms with E-state index in [1.54, 1.807) is 6.92 Å². The smallest absolute Gasteiger partial charge is 0.238 e. The Balaban J connectivity index is 2.43. The van der Waals surface area contributed by atoms with Gasteiger partial charge in [-0.15, -0.1) is 0 Å². The van der Waals surface area contributed by atoms with Crippen molar-refractivity contribution in [1.29, 1.82) is 0 Å². The lowest BCUT2D eigenvalue weighted by Gasteiger charge is -2.17. The number of hydrogen-bond donors (Lipinski definition) is 1. The highest BCUT2D eigenvalue weighted by atomic mass is 79.9. The topological polar surface area (TPSA) is 46.2 Å². The summed E-state index contributed by atoms with van der Waals surface area (Å²) >= 11 is 3.45. The van der Waals surface area contributed by atoms with E-state index < -0.39 is 10.9 Å². The average Bonchev–Trinajstić information content (AvgIpc) is 2.46. The van der Waals surface area contributed by atoms with Gasteiger partial charge < -0.3 is 10.1 Å². The lowest BCUT2D eigenvalue weighted by molar-refractivity contribution is -0.123. The highest BCUT2D eigenvalue weighted by Gasteiger charge is 2.22. The summed E-state index contributed by atoms with van der Waals surface area (Å²) in [4.78, 5) is 22.4. The number of benzene rings is 2. The van der Waals surface area contributed by atoms with E-state index in [1.165, 1.54) is 0 Å². The molecule has 0 heterocycles. The van der Waals surface area contributed by atoms with E-state index in [0.717, 1.165) is 21.9 Å². The van der Waals surface area contributed by atoms with Crippen molar-refractivity contribution in [3.8, 4) is 0 Å². The van der Waals surface area contributed by atoms with E-state index in [4.69, 9.17) is 0 Å². The van der Waals surface area contributed by atoms with Crippen LogP contribution in [0.3, 0.4) is 0 Å². The molecule has 4 heteroatoms. The zero-order valence-corrected chi connectivity index (χ0v) is 13.0. The highest BCUT2D eigenvalue weighted by molar-refractivity contribution is 9.09. The van der Waals surface area contributed by atoms with Crippen molar-refractivity contribution in [3.63, 3.8) is 0 Å². The van der Waals surface area contributed by atoms with Gasteiger partial charge in [-0.1, -0.05) is 52.3 Å². The second kappa shape index (κ2) is 6.18. The molecule has 0 aliphatic carbocycles. The van der Waals surface area contributed by atoms with Crippen LogP contribution in [0, 0.1) is 6.92 Å². The Bertz CT molecular complexity index is 654. The Labute approximate surface area is 126 Å². The van der Waals surface area contributed by atoms with Gasteiger partial charge in [0.05, 0.1) is 6.04 Å². The lowest BCUT2D eigenvalue weighted by Crippen LogP contribution is -2.35. The fourth-order valence-electron chi connectivity index (χ4n) is 2.20. The minimum atomic E-state index is -0.488. The van der Waals surface area contributed by atoms with Crippen LogP contribution in [0.1, 0.15) is 22.9 Å². The van der Waals surface area contributed by atoms with Gasteiger partial charge in [-0.25, -0.2) is 0 Å². The van der Waals surface area contributed by atoms with Crippen LogP contribution in [0.5, 0.6) is 0 Å². The summed E-state index contributed by atoms with van der Waals surface area (Å²) in [6, 6.07) is 11.5. The van der Waals surface area contributed by atoms with E-state index in [2.05, 4.69) is 21.2 Å². The van der Waals surface area contributed by atoms with E-state index in [9.17, 15) is 9.59 Å². The van der Waals surface area contributed by atoms with E-state index in [-0.39, 0.29) is 5.91 Å². The summed E-state index contributed by atoms with van der Waals surface area (Å²) in [7, 11) is 0. The molecule has 2 aromatic rings. The number of halogens is 1. The molecule has 20 heavy (non-hydrogen) atoms. The predicted molar refractivity (Wildman–Crippen MR) is 84.0 cm³/mol. The first-order chi connectivity index (χ1) is 9.54. The van der Waals surface area contributed by atoms with Crippen molar-refractivity contribution in [3.05, 3.63) is 47.5 Å². The number of aldehydes is 1. The molecule has 0 aliphatic rings. The van der Waals surface area contributed by atoms with Gasteiger partial charge in [-0.05, 0) is 35.7 Å². The minimum Gasteiger partial charge on any atom is -0.346 e. The fourth-order valence-corrected chi connectivity index (χ4v) is 2.94. The van der Waals surface area contributed by atoms with Crippen LogP contribution in [0.2, 0.25) is 0 Å². The van der Waals surface area contributed by atoms with Crippen LogP contribution in [0.15, 0.2) is 36.4 Å². The quantitative estimate of drug-likeness (QED) is 0.689. The van der Waals surface area contributed by atoms with Crippen LogP contribution in [0.4, 0.5) is 0 Å². The van der Waals surface area contributed by atoms with Gasteiger partial charge >= 0.3 is 0 Å². The number of amides is 1. The van der Waals surface area contributed by atoms with Crippen molar-refractivity contribution in [2.75, 3.05) is 0 Å². The van der Waals surface area contributed by atoms with Crippen LogP contribution >= 0.6 is 15.9 Å². The van der Waals surface area contributed by atoms with Gasteiger partial charge in [0.15, 0.2) is 0 Å². The van der Waals surface area contributed by atoms with E-state index >= 15 is 0 Å². The monoisotopic (exact) mass is 333 g/mol. The van der Waals surface area contributed by atoms with Crippen LogP contribution < -0.4 is 5.32 Å². The number of carbonyl (C=O) groups excluding carboxylic acids is 2. The van der Waals surface area contributed by atoms with Crippen molar-refractivity contribution in [2.24, 2.45) is 0 Å². The Morgan fingerprint density at radius 2 is 1.95 bits per heavy atom. The Kier molecular flexibility index (Phi) is 4.55. The Morgan fingerprint density at radius 3 is 2.65 bits per heavy atom. The van der Waals surface area contributed by atoms with E-state index in [1.807, 2.05) is 43.3 Å².